The molecule has 0 aliphatic rings. The molecule has 0 bridgehead atoms. The van der Waals surface area contributed by atoms with E-state index >= 15 is 0 Å². The highest BCUT2D eigenvalue weighted by atomic mass is 32.2. The van der Waals surface area contributed by atoms with Gasteiger partial charge in [0.15, 0.2) is 15.4 Å². The van der Waals surface area contributed by atoms with Gasteiger partial charge in [-0.05, 0) is 51.3 Å². The number of hydrogen-bond donors (Lipinski definition) is 5. The van der Waals surface area contributed by atoms with Gasteiger partial charge in [-0.2, -0.15) is 0 Å². The summed E-state index contributed by atoms with van der Waals surface area (Å²) in [5, 5.41) is 36.8. The number of carboxylic acid groups (broad SMARTS) is 3. The minimum atomic E-state index is -3.42. The summed E-state index contributed by atoms with van der Waals surface area (Å²) in [5.41, 5.74) is -2.74. The lowest BCUT2D eigenvalue weighted by atomic mass is 9.96. The maximum atomic E-state index is 12.8. The number of amides is 2. The van der Waals surface area contributed by atoms with Gasteiger partial charge < -0.3 is 40.4 Å². The first-order valence-corrected chi connectivity index (χ1v) is 15.9. The summed E-state index contributed by atoms with van der Waals surface area (Å²) in [6, 6.07) is 8.24. The lowest BCUT2D eigenvalue weighted by molar-refractivity contribution is -0.170. The molecule has 43 heavy (non-hydrogen) atoms. The smallest absolute Gasteiger partial charge is 0.336 e. The van der Waals surface area contributed by atoms with Crippen LogP contribution in [0.25, 0.3) is 0 Å². The van der Waals surface area contributed by atoms with Crippen molar-refractivity contribution in [3.05, 3.63) is 30.3 Å². The van der Waals surface area contributed by atoms with Crippen molar-refractivity contribution in [2.24, 2.45) is 0 Å². The van der Waals surface area contributed by atoms with E-state index in [0.29, 0.717) is 18.0 Å². The molecule has 0 radical (unpaired) electrons. The van der Waals surface area contributed by atoms with E-state index in [9.17, 15) is 27.6 Å². The molecule has 5 N–H and O–H groups in total. The molecule has 1 rings (SSSR count). The molecule has 0 atom stereocenters. The maximum absolute atomic E-state index is 12.8. The van der Waals surface area contributed by atoms with Gasteiger partial charge in [0.1, 0.15) is 0 Å². The first-order chi connectivity index (χ1) is 20.1. The Hall–Kier alpha value is -3.27. The van der Waals surface area contributed by atoms with E-state index < -0.39 is 46.2 Å². The Bertz CT molecular complexity index is 1080. The molecule has 1 aromatic carbocycles. The van der Waals surface area contributed by atoms with Crippen molar-refractivity contribution in [2.45, 2.75) is 57.5 Å². The van der Waals surface area contributed by atoms with Crippen molar-refractivity contribution in [1.82, 2.24) is 20.0 Å². The van der Waals surface area contributed by atoms with Gasteiger partial charge in [0.25, 0.3) is 0 Å². The number of rotatable bonds is 20. The molecule has 246 valence electrons. The van der Waals surface area contributed by atoms with Crippen LogP contribution < -0.4 is 5.32 Å². The van der Waals surface area contributed by atoms with Crippen molar-refractivity contribution < 1.29 is 48.0 Å². The van der Waals surface area contributed by atoms with Crippen LogP contribution in [0.5, 0.6) is 0 Å². The summed E-state index contributed by atoms with van der Waals surface area (Å²) in [7, 11) is -3.42. The molecular formula is C28H48N4O10S. The van der Waals surface area contributed by atoms with E-state index in [-0.39, 0.29) is 18.3 Å². The number of carboxylic acids is 3. The maximum Gasteiger partial charge on any atom is 0.336 e. The average molecular weight is 633 g/mol. The molecule has 1 aromatic rings. The van der Waals surface area contributed by atoms with Crippen molar-refractivity contribution in [1.29, 1.82) is 0 Å². The van der Waals surface area contributed by atoms with Crippen LogP contribution in [0.3, 0.4) is 0 Å². The molecule has 15 heteroatoms. The van der Waals surface area contributed by atoms with Crippen molar-refractivity contribution >= 4 is 33.8 Å². The number of aliphatic carboxylic acids is 3. The van der Waals surface area contributed by atoms with Gasteiger partial charge in [-0.3, -0.25) is 9.59 Å². The molecule has 2 amide bonds. The second-order valence-electron chi connectivity index (χ2n) is 9.74. The molecule has 0 heterocycles. The lowest BCUT2D eigenvalue weighted by Crippen LogP contribution is -2.45. The predicted molar refractivity (Wildman–Crippen MR) is 161 cm³/mol. The number of carbonyl (C=O) groups excluding carboxylic acids is 1. The minimum Gasteiger partial charge on any atom is -0.481 e. The van der Waals surface area contributed by atoms with Gasteiger partial charge in [-0.1, -0.05) is 45.9 Å². The summed E-state index contributed by atoms with van der Waals surface area (Å²) >= 11 is 0. The van der Waals surface area contributed by atoms with Crippen LogP contribution in [0.2, 0.25) is 0 Å². The van der Waals surface area contributed by atoms with Crippen LogP contribution in [0, 0.1) is 0 Å². The second kappa shape index (κ2) is 20.6. The quantitative estimate of drug-likeness (QED) is 0.138. The van der Waals surface area contributed by atoms with Gasteiger partial charge in [0, 0.05) is 26.2 Å². The van der Waals surface area contributed by atoms with Crippen LogP contribution in [0.15, 0.2) is 35.2 Å². The molecule has 0 aliphatic heterocycles. The standard InChI is InChI=1S/C22H40N4O3S.C6H8O7/c1-5-24(6-2)16-12-17-26(22(27)23-15-18-25(7-3)8-4)19-20-30(28,29)21-13-10-9-11-14-21;7-3(8)1-6(13,5(11)12)2-4(9)10/h9-11,13-14H,5-8,12,15-20H2,1-4H3,(H,23,27);13H,1-2H2,(H,7,8)(H,9,10)(H,11,12). The van der Waals surface area contributed by atoms with Crippen molar-refractivity contribution in [2.75, 3.05) is 64.7 Å². The molecule has 0 aliphatic carbocycles. The summed E-state index contributed by atoms with van der Waals surface area (Å²) < 4.78 is 25.3. The number of likely N-dealkylation sites (N-methyl/N-ethyl adjacent to an activating group) is 1. The van der Waals surface area contributed by atoms with E-state index in [2.05, 4.69) is 42.8 Å². The number of benzene rings is 1. The molecule has 0 spiro atoms. The van der Waals surface area contributed by atoms with Gasteiger partial charge in [0.2, 0.25) is 0 Å². The molecule has 0 unspecified atom stereocenters. The predicted octanol–water partition coefficient (Wildman–Crippen LogP) is 1.30. The third-order valence-electron chi connectivity index (χ3n) is 6.70. The zero-order valence-electron chi connectivity index (χ0n) is 25.6. The Balaban J connectivity index is 0.00000114. The first kappa shape index (κ1) is 39.7. The van der Waals surface area contributed by atoms with Crippen LogP contribution in [0.1, 0.15) is 47.0 Å². The number of nitrogens with zero attached hydrogens (tertiary/aromatic N) is 3. The van der Waals surface area contributed by atoms with E-state index in [4.69, 9.17) is 20.4 Å². The third kappa shape index (κ3) is 16.2. The Morgan fingerprint density at radius 3 is 1.70 bits per heavy atom. The highest BCUT2D eigenvalue weighted by Gasteiger charge is 2.40. The molecule has 0 fully saturated rings. The highest BCUT2D eigenvalue weighted by molar-refractivity contribution is 7.91. The molecular weight excluding hydrogens is 584 g/mol. The Labute approximate surface area is 254 Å². The summed E-state index contributed by atoms with van der Waals surface area (Å²) in [6.45, 7) is 15.2. The third-order valence-corrected chi connectivity index (χ3v) is 8.41. The monoisotopic (exact) mass is 632 g/mol. The fourth-order valence-electron chi connectivity index (χ4n) is 4.00. The summed E-state index contributed by atoms with van der Waals surface area (Å²) in [4.78, 5) is 49.7. The number of urea groups is 1. The van der Waals surface area contributed by atoms with Crippen LogP contribution in [-0.4, -0.2) is 138 Å². The average Bonchev–Trinajstić information content (AvgIpc) is 2.94. The molecule has 0 aromatic heterocycles. The molecule has 14 nitrogen and oxygen atoms in total. The Morgan fingerprint density at radius 1 is 0.767 bits per heavy atom. The van der Waals surface area contributed by atoms with Crippen LogP contribution in [0.4, 0.5) is 4.79 Å². The number of aliphatic hydroxyl groups is 1. The van der Waals surface area contributed by atoms with E-state index in [0.717, 1.165) is 45.7 Å². The fraction of sp³-hybridized carbons (Fsp3) is 0.643. The summed E-state index contributed by atoms with van der Waals surface area (Å²) in [5.74, 6) is -5.10. The second-order valence-corrected chi connectivity index (χ2v) is 11.8. The van der Waals surface area contributed by atoms with Gasteiger partial charge in [0.05, 0.1) is 23.5 Å². The largest absolute Gasteiger partial charge is 0.481 e. The lowest BCUT2D eigenvalue weighted by Gasteiger charge is -2.26. The number of hydrogen-bond acceptors (Lipinski definition) is 9. The topological polar surface area (TPSA) is 205 Å². The number of carbonyl (C=O) groups is 4. The van der Waals surface area contributed by atoms with E-state index in [1.165, 1.54) is 0 Å². The van der Waals surface area contributed by atoms with E-state index in [1.807, 2.05) is 0 Å². The minimum absolute atomic E-state index is 0.0776. The first-order valence-electron chi connectivity index (χ1n) is 14.3. The zero-order chi connectivity index (χ0) is 33.1. The molecule has 0 saturated carbocycles. The highest BCUT2D eigenvalue weighted by Crippen LogP contribution is 2.15. The van der Waals surface area contributed by atoms with Gasteiger partial charge >= 0.3 is 23.9 Å². The SMILES string of the molecule is CCN(CC)CCCN(CCS(=O)(=O)c1ccccc1)C(=O)NCCN(CC)CC.O=C(O)CC(O)(CC(=O)O)C(=O)O. The Kier molecular flexibility index (Phi) is 19.0. The van der Waals surface area contributed by atoms with Crippen LogP contribution >= 0.6 is 0 Å². The number of nitrogens with one attached hydrogen (secondary N) is 1. The van der Waals surface area contributed by atoms with Gasteiger partial charge in [-0.15, -0.1) is 0 Å². The van der Waals surface area contributed by atoms with E-state index in [1.54, 1.807) is 35.2 Å². The fourth-order valence-corrected chi connectivity index (χ4v) is 5.27. The van der Waals surface area contributed by atoms with Crippen LogP contribution in [-0.2, 0) is 24.2 Å². The Morgan fingerprint density at radius 2 is 1.26 bits per heavy atom. The number of sulfone groups is 1. The van der Waals surface area contributed by atoms with Crippen molar-refractivity contribution in [3.63, 3.8) is 0 Å². The van der Waals surface area contributed by atoms with Gasteiger partial charge in [-0.25, -0.2) is 18.0 Å². The normalized spacial score (nSPS) is 11.5. The summed E-state index contributed by atoms with van der Waals surface area (Å²) in [6.07, 6.45) is -1.47. The molecule has 0 saturated heterocycles. The van der Waals surface area contributed by atoms with Crippen molar-refractivity contribution in [3.8, 4) is 0 Å². The zero-order valence-corrected chi connectivity index (χ0v) is 26.4.